The summed E-state index contributed by atoms with van der Waals surface area (Å²) in [4.78, 5) is 62.7. The molecule has 0 bridgehead atoms. The lowest BCUT2D eigenvalue weighted by Crippen LogP contribution is -2.57. The number of hydrogen-bond donors (Lipinski definition) is 2. The van der Waals surface area contributed by atoms with E-state index < -0.39 is 41.5 Å². The van der Waals surface area contributed by atoms with Crippen molar-refractivity contribution in [3.05, 3.63) is 89.5 Å². The van der Waals surface area contributed by atoms with Crippen LogP contribution in [0.15, 0.2) is 72.8 Å². The van der Waals surface area contributed by atoms with E-state index in [1.807, 2.05) is 60.7 Å². The lowest BCUT2D eigenvalue weighted by molar-refractivity contribution is -0.192. The van der Waals surface area contributed by atoms with Crippen LogP contribution in [0.2, 0.25) is 0 Å². The predicted octanol–water partition coefficient (Wildman–Crippen LogP) is 4.62. The van der Waals surface area contributed by atoms with Crippen molar-refractivity contribution < 1.29 is 51.7 Å². The maximum atomic E-state index is 13.7. The number of rotatable bonds is 8. The first-order valence-electron chi connectivity index (χ1n) is 14.5. The standard InChI is InChI=1S/C32H32N2O6.C2HF3O2/c1-5-34-29(36)26-27(30(34)37)32(31(38)40-4,18-20-9-7-6-8-10-20)33-28(26)23-15-16-24(25(17-23)39-3)22-13-11-21(12-14-22)19(2)35;3-2(4,5)1(6)7/h6-17,26-28,33H,5,18H2,1-4H3;(H,6,7)/t26?,27?,28?,32-;/m1./s1. The summed E-state index contributed by atoms with van der Waals surface area (Å²) >= 11 is 0. The number of imide groups is 1. The number of amides is 2. The molecule has 2 fully saturated rings. The molecule has 0 saturated carbocycles. The number of carboxylic acid groups (broad SMARTS) is 1. The van der Waals surface area contributed by atoms with Gasteiger partial charge in [-0.3, -0.25) is 29.4 Å². The van der Waals surface area contributed by atoms with Crippen molar-refractivity contribution in [2.45, 2.75) is 38.0 Å². The number of likely N-dealkylation sites (tertiary alicyclic amines) is 1. The number of aliphatic carboxylic acids is 1. The monoisotopic (exact) mass is 654 g/mol. The Labute approximate surface area is 268 Å². The van der Waals surface area contributed by atoms with Crippen molar-refractivity contribution in [3.63, 3.8) is 0 Å². The number of hydrogen-bond acceptors (Lipinski definition) is 8. The molecule has 2 heterocycles. The minimum atomic E-state index is -5.08. The van der Waals surface area contributed by atoms with E-state index in [4.69, 9.17) is 19.4 Å². The molecule has 0 spiro atoms. The van der Waals surface area contributed by atoms with Crippen molar-refractivity contribution in [2.24, 2.45) is 11.8 Å². The summed E-state index contributed by atoms with van der Waals surface area (Å²) in [6, 6.07) is 21.6. The smallest absolute Gasteiger partial charge is 0.490 e. The molecular weight excluding hydrogens is 621 g/mol. The molecule has 3 unspecified atom stereocenters. The molecule has 2 amide bonds. The molecule has 4 atom stereocenters. The molecular formula is C34H33F3N2O8. The normalized spacial score (nSPS) is 21.9. The molecule has 13 heteroatoms. The molecule has 248 valence electrons. The van der Waals surface area contributed by atoms with Gasteiger partial charge in [-0.15, -0.1) is 0 Å². The number of methoxy groups -OCH3 is 2. The summed E-state index contributed by atoms with van der Waals surface area (Å²) in [6.45, 7) is 3.50. The quantitative estimate of drug-likeness (QED) is 0.202. The Morgan fingerprint density at radius 3 is 2.09 bits per heavy atom. The minimum Gasteiger partial charge on any atom is -0.496 e. The number of ether oxygens (including phenoxy) is 2. The minimum absolute atomic E-state index is 0.0165. The van der Waals surface area contributed by atoms with E-state index >= 15 is 0 Å². The Kier molecular flexibility index (Phi) is 10.2. The van der Waals surface area contributed by atoms with Crippen LogP contribution in [0.5, 0.6) is 5.75 Å². The Hall–Kier alpha value is -5.04. The van der Waals surface area contributed by atoms with Gasteiger partial charge in [0.1, 0.15) is 11.3 Å². The topological polar surface area (TPSA) is 139 Å². The van der Waals surface area contributed by atoms with Crippen LogP contribution in [0.3, 0.4) is 0 Å². The van der Waals surface area contributed by atoms with Crippen molar-refractivity contribution in [1.29, 1.82) is 0 Å². The van der Waals surface area contributed by atoms with Crippen LogP contribution in [0, 0.1) is 11.8 Å². The molecule has 0 aromatic heterocycles. The maximum Gasteiger partial charge on any atom is 0.490 e. The van der Waals surface area contributed by atoms with Crippen LogP contribution in [0.25, 0.3) is 11.1 Å². The fourth-order valence-electron chi connectivity index (χ4n) is 6.21. The highest BCUT2D eigenvalue weighted by Gasteiger charge is 2.68. The number of halogens is 3. The average Bonchev–Trinajstić information content (AvgIpc) is 3.53. The fourth-order valence-corrected chi connectivity index (χ4v) is 6.21. The number of esters is 1. The number of carbonyl (C=O) groups is 5. The lowest BCUT2D eigenvalue weighted by Gasteiger charge is -2.32. The Bertz CT molecular complexity index is 1680. The third-order valence-corrected chi connectivity index (χ3v) is 8.37. The zero-order chi connectivity index (χ0) is 34.7. The van der Waals surface area contributed by atoms with Gasteiger partial charge in [0.15, 0.2) is 5.78 Å². The lowest BCUT2D eigenvalue weighted by atomic mass is 9.76. The van der Waals surface area contributed by atoms with E-state index in [-0.39, 0.29) is 30.6 Å². The van der Waals surface area contributed by atoms with E-state index in [0.717, 1.165) is 16.7 Å². The average molecular weight is 655 g/mol. The molecule has 0 aliphatic carbocycles. The van der Waals surface area contributed by atoms with Gasteiger partial charge in [0.2, 0.25) is 11.8 Å². The molecule has 2 saturated heterocycles. The number of Topliss-reactive ketones (excluding diaryl/α,β-unsaturated/α-hetero) is 1. The van der Waals surface area contributed by atoms with Crippen molar-refractivity contribution in [2.75, 3.05) is 20.8 Å². The first-order chi connectivity index (χ1) is 22.2. The zero-order valence-corrected chi connectivity index (χ0v) is 26.0. The molecule has 2 aliphatic rings. The molecule has 47 heavy (non-hydrogen) atoms. The first-order valence-corrected chi connectivity index (χ1v) is 14.5. The van der Waals surface area contributed by atoms with Crippen LogP contribution < -0.4 is 10.1 Å². The van der Waals surface area contributed by atoms with Crippen LogP contribution in [-0.2, 0) is 30.3 Å². The third-order valence-electron chi connectivity index (χ3n) is 8.37. The van der Waals surface area contributed by atoms with E-state index in [1.165, 1.54) is 18.9 Å². The number of benzene rings is 3. The highest BCUT2D eigenvalue weighted by atomic mass is 19.4. The van der Waals surface area contributed by atoms with Gasteiger partial charge >= 0.3 is 18.1 Å². The molecule has 2 aliphatic heterocycles. The number of carbonyl (C=O) groups excluding carboxylic acids is 4. The number of ketones is 1. The van der Waals surface area contributed by atoms with Gasteiger partial charge in [-0.1, -0.05) is 66.7 Å². The van der Waals surface area contributed by atoms with Crippen molar-refractivity contribution in [3.8, 4) is 16.9 Å². The largest absolute Gasteiger partial charge is 0.496 e. The summed E-state index contributed by atoms with van der Waals surface area (Å²) in [5.74, 6) is -5.19. The summed E-state index contributed by atoms with van der Waals surface area (Å²) in [6.07, 6.45) is -4.90. The molecule has 3 aromatic carbocycles. The van der Waals surface area contributed by atoms with Gasteiger partial charge in [-0.2, -0.15) is 13.2 Å². The summed E-state index contributed by atoms with van der Waals surface area (Å²) in [7, 11) is 2.86. The van der Waals surface area contributed by atoms with Gasteiger partial charge in [0, 0.05) is 30.1 Å². The third kappa shape index (κ3) is 6.75. The number of nitrogens with one attached hydrogen (secondary N) is 1. The highest BCUT2D eigenvalue weighted by molar-refractivity contribution is 6.09. The Morgan fingerprint density at radius 2 is 1.57 bits per heavy atom. The van der Waals surface area contributed by atoms with Crippen molar-refractivity contribution >= 4 is 29.5 Å². The second-order valence-electron chi connectivity index (χ2n) is 11.1. The van der Waals surface area contributed by atoms with Crippen LogP contribution >= 0.6 is 0 Å². The molecule has 0 radical (unpaired) electrons. The molecule has 10 nitrogen and oxygen atoms in total. The Balaban J connectivity index is 0.000000644. The fraction of sp³-hybridized carbons (Fsp3) is 0.324. The van der Waals surface area contributed by atoms with Gasteiger partial charge in [-0.05, 0) is 36.6 Å². The zero-order valence-electron chi connectivity index (χ0n) is 26.0. The van der Waals surface area contributed by atoms with Gasteiger partial charge in [0.05, 0.1) is 26.1 Å². The second-order valence-corrected chi connectivity index (χ2v) is 11.1. The van der Waals surface area contributed by atoms with Gasteiger partial charge in [-0.25, -0.2) is 4.79 Å². The van der Waals surface area contributed by atoms with Crippen LogP contribution in [-0.4, -0.2) is 72.0 Å². The van der Waals surface area contributed by atoms with Gasteiger partial charge in [0.25, 0.3) is 0 Å². The predicted molar refractivity (Wildman–Crippen MR) is 162 cm³/mol. The first kappa shape index (κ1) is 34.8. The highest BCUT2D eigenvalue weighted by Crippen LogP contribution is 2.51. The summed E-state index contributed by atoms with van der Waals surface area (Å²) in [5, 5.41) is 10.5. The number of carboxylic acids is 1. The Morgan fingerprint density at radius 1 is 0.957 bits per heavy atom. The number of alkyl halides is 3. The molecule has 3 aromatic rings. The molecule has 5 rings (SSSR count). The number of fused-ring (bicyclic) bond motifs is 1. The maximum absolute atomic E-state index is 13.7. The van der Waals surface area contributed by atoms with E-state index in [2.05, 4.69) is 5.32 Å². The van der Waals surface area contributed by atoms with E-state index in [0.29, 0.717) is 16.9 Å². The number of nitrogens with zero attached hydrogens (tertiary/aromatic N) is 1. The van der Waals surface area contributed by atoms with E-state index in [9.17, 15) is 32.3 Å². The van der Waals surface area contributed by atoms with Gasteiger partial charge < -0.3 is 14.6 Å². The van der Waals surface area contributed by atoms with Crippen LogP contribution in [0.1, 0.15) is 41.4 Å². The second kappa shape index (κ2) is 13.8. The summed E-state index contributed by atoms with van der Waals surface area (Å²) < 4.78 is 42.8. The molecule has 2 N–H and O–H groups in total. The van der Waals surface area contributed by atoms with E-state index in [1.54, 1.807) is 26.2 Å². The SMILES string of the molecule is CCN1C(=O)C2C(c3ccc(-c4ccc(C(C)=O)cc4)c(OC)c3)N[C@@](Cc3ccccc3)(C(=O)OC)C2C1=O.O=C(O)C(F)(F)F. The summed E-state index contributed by atoms with van der Waals surface area (Å²) in [5.41, 5.74) is 2.41. The van der Waals surface area contributed by atoms with Crippen LogP contribution in [0.4, 0.5) is 13.2 Å². The van der Waals surface area contributed by atoms with Crippen molar-refractivity contribution in [1.82, 2.24) is 10.2 Å².